The molecule has 0 aromatic heterocycles. The molecule has 1 rings (SSSR count). The lowest BCUT2D eigenvalue weighted by Crippen LogP contribution is -2.50. The maximum Gasteiger partial charge on any atom is 0.152 e. The quantitative estimate of drug-likeness (QED) is 0.472. The van der Waals surface area contributed by atoms with Gasteiger partial charge in [0.25, 0.3) is 0 Å². The molecule has 90 valence electrons. The third-order valence-corrected chi connectivity index (χ3v) is 3.75. The first kappa shape index (κ1) is 13.1. The Hall–Kier alpha value is 0.0300. The molecule has 0 heterocycles. The molecule has 0 bridgehead atoms. The predicted octanol–water partition coefficient (Wildman–Crippen LogP) is 0.883. The second-order valence-electron chi connectivity index (χ2n) is 4.31. The third kappa shape index (κ3) is 4.59. The Morgan fingerprint density at radius 1 is 1.27 bits per heavy atom. The van der Waals surface area contributed by atoms with Crippen LogP contribution in [0.5, 0.6) is 0 Å². The van der Waals surface area contributed by atoms with E-state index in [1.54, 1.807) is 0 Å². The molecule has 1 saturated carbocycles. The number of aliphatic hydroxyl groups is 1. The normalized spacial score (nSPS) is 22.5. The smallest absolute Gasteiger partial charge is 0.152 e. The molecule has 1 aliphatic carbocycles. The van der Waals surface area contributed by atoms with E-state index in [0.29, 0.717) is 18.7 Å². The first-order valence-corrected chi connectivity index (χ1v) is 6.89. The van der Waals surface area contributed by atoms with E-state index in [1.807, 2.05) is 0 Å². The molecule has 5 heteroatoms. The number of hydrogen-bond acceptors (Lipinski definition) is 3. The van der Waals surface area contributed by atoms with E-state index < -0.39 is 11.1 Å². The van der Waals surface area contributed by atoms with Crippen molar-refractivity contribution in [1.82, 2.24) is 5.32 Å². The van der Waals surface area contributed by atoms with Crippen molar-refractivity contribution in [3.63, 3.8) is 0 Å². The molecule has 0 aliphatic heterocycles. The summed E-state index contributed by atoms with van der Waals surface area (Å²) in [6.07, 6.45) is 6.31. The van der Waals surface area contributed by atoms with Gasteiger partial charge in [-0.1, -0.05) is 19.3 Å². The van der Waals surface area contributed by atoms with Crippen LogP contribution in [0, 0.1) is 0 Å². The SMILES string of the molecule is O=S(O)CCCNC1(CO)CCCCC1. The maximum absolute atomic E-state index is 10.4. The molecular weight excluding hydrogens is 214 g/mol. The zero-order valence-corrected chi connectivity index (χ0v) is 9.89. The van der Waals surface area contributed by atoms with Gasteiger partial charge in [0, 0.05) is 5.54 Å². The monoisotopic (exact) mass is 235 g/mol. The maximum atomic E-state index is 10.4. The van der Waals surface area contributed by atoms with Crippen molar-refractivity contribution in [3.8, 4) is 0 Å². The Morgan fingerprint density at radius 3 is 2.47 bits per heavy atom. The number of hydrogen-bond donors (Lipinski definition) is 3. The van der Waals surface area contributed by atoms with E-state index >= 15 is 0 Å². The van der Waals surface area contributed by atoms with E-state index in [1.165, 1.54) is 19.3 Å². The van der Waals surface area contributed by atoms with E-state index in [0.717, 1.165) is 12.8 Å². The summed E-state index contributed by atoms with van der Waals surface area (Å²) in [5.41, 5.74) is -0.116. The highest BCUT2D eigenvalue weighted by Gasteiger charge is 2.30. The Balaban J connectivity index is 2.23. The Bertz CT molecular complexity index is 205. The molecule has 0 spiro atoms. The van der Waals surface area contributed by atoms with Crippen LogP contribution in [0.25, 0.3) is 0 Å². The average Bonchev–Trinajstić information content (AvgIpc) is 2.26. The molecule has 1 aliphatic rings. The van der Waals surface area contributed by atoms with Crippen molar-refractivity contribution in [2.75, 3.05) is 18.9 Å². The highest BCUT2D eigenvalue weighted by molar-refractivity contribution is 7.79. The first-order chi connectivity index (χ1) is 7.18. The van der Waals surface area contributed by atoms with Crippen LogP contribution in [0.3, 0.4) is 0 Å². The molecule has 4 nitrogen and oxygen atoms in total. The second-order valence-corrected chi connectivity index (χ2v) is 5.36. The lowest BCUT2D eigenvalue weighted by Gasteiger charge is -2.36. The summed E-state index contributed by atoms with van der Waals surface area (Å²) in [5, 5.41) is 12.7. The van der Waals surface area contributed by atoms with Crippen molar-refractivity contribution in [2.24, 2.45) is 0 Å². The van der Waals surface area contributed by atoms with Crippen molar-refractivity contribution >= 4 is 11.1 Å². The molecule has 0 radical (unpaired) electrons. The van der Waals surface area contributed by atoms with Gasteiger partial charge >= 0.3 is 0 Å². The second kappa shape index (κ2) is 6.58. The molecule has 0 aromatic carbocycles. The van der Waals surface area contributed by atoms with Crippen LogP contribution in [0.4, 0.5) is 0 Å². The highest BCUT2D eigenvalue weighted by Crippen LogP contribution is 2.27. The van der Waals surface area contributed by atoms with Gasteiger partial charge in [0.2, 0.25) is 0 Å². The summed E-state index contributed by atoms with van der Waals surface area (Å²) in [5.74, 6) is 0.314. The number of aliphatic hydroxyl groups excluding tert-OH is 1. The van der Waals surface area contributed by atoms with Gasteiger partial charge in [0.05, 0.1) is 12.4 Å². The van der Waals surface area contributed by atoms with Gasteiger partial charge < -0.3 is 15.0 Å². The summed E-state index contributed by atoms with van der Waals surface area (Å²) in [6, 6.07) is 0. The zero-order chi connectivity index (χ0) is 11.1. The predicted molar refractivity (Wildman–Crippen MR) is 61.2 cm³/mol. The van der Waals surface area contributed by atoms with Crippen LogP contribution in [0.1, 0.15) is 38.5 Å². The molecule has 15 heavy (non-hydrogen) atoms. The lowest BCUT2D eigenvalue weighted by atomic mass is 9.82. The van der Waals surface area contributed by atoms with Gasteiger partial charge in [-0.15, -0.1) is 0 Å². The topological polar surface area (TPSA) is 69.6 Å². The fourth-order valence-corrected chi connectivity index (χ4v) is 2.56. The Morgan fingerprint density at radius 2 is 1.93 bits per heavy atom. The van der Waals surface area contributed by atoms with Crippen LogP contribution in [0.2, 0.25) is 0 Å². The highest BCUT2D eigenvalue weighted by atomic mass is 32.2. The molecule has 1 atom stereocenters. The van der Waals surface area contributed by atoms with Gasteiger partial charge in [0.1, 0.15) is 0 Å². The van der Waals surface area contributed by atoms with Crippen LogP contribution in [0.15, 0.2) is 0 Å². The van der Waals surface area contributed by atoms with Gasteiger partial charge in [-0.2, -0.15) is 0 Å². The summed E-state index contributed by atoms with van der Waals surface area (Å²) < 4.78 is 19.0. The number of nitrogens with one attached hydrogen (secondary N) is 1. The summed E-state index contributed by atoms with van der Waals surface area (Å²) in [7, 11) is 0. The number of rotatable bonds is 6. The molecule has 1 fully saturated rings. The summed E-state index contributed by atoms with van der Waals surface area (Å²) >= 11 is -1.69. The van der Waals surface area contributed by atoms with Crippen molar-refractivity contribution in [3.05, 3.63) is 0 Å². The van der Waals surface area contributed by atoms with E-state index in [2.05, 4.69) is 5.32 Å². The van der Waals surface area contributed by atoms with Crippen molar-refractivity contribution in [1.29, 1.82) is 0 Å². The van der Waals surface area contributed by atoms with E-state index in [9.17, 15) is 9.32 Å². The van der Waals surface area contributed by atoms with Crippen LogP contribution in [-0.4, -0.2) is 38.3 Å². The van der Waals surface area contributed by atoms with E-state index in [4.69, 9.17) is 4.55 Å². The van der Waals surface area contributed by atoms with Gasteiger partial charge in [-0.25, -0.2) is 4.21 Å². The van der Waals surface area contributed by atoms with Crippen molar-refractivity contribution in [2.45, 2.75) is 44.1 Å². The average molecular weight is 235 g/mol. The molecule has 0 aromatic rings. The minimum Gasteiger partial charge on any atom is -0.394 e. The Labute approximate surface area is 93.7 Å². The summed E-state index contributed by atoms with van der Waals surface area (Å²) in [4.78, 5) is 0. The van der Waals surface area contributed by atoms with Gasteiger partial charge in [-0.05, 0) is 25.8 Å². The van der Waals surface area contributed by atoms with E-state index in [-0.39, 0.29) is 12.1 Å². The fraction of sp³-hybridized carbons (Fsp3) is 1.00. The Kier molecular flexibility index (Phi) is 5.74. The lowest BCUT2D eigenvalue weighted by molar-refractivity contribution is 0.121. The zero-order valence-electron chi connectivity index (χ0n) is 9.07. The van der Waals surface area contributed by atoms with Crippen molar-refractivity contribution < 1.29 is 13.9 Å². The molecule has 0 amide bonds. The first-order valence-electron chi connectivity index (χ1n) is 5.62. The van der Waals surface area contributed by atoms with Crippen LogP contribution < -0.4 is 5.32 Å². The van der Waals surface area contributed by atoms with Gasteiger partial charge in [-0.3, -0.25) is 0 Å². The van der Waals surface area contributed by atoms with Crippen LogP contribution >= 0.6 is 0 Å². The fourth-order valence-electron chi connectivity index (χ4n) is 2.17. The summed E-state index contributed by atoms with van der Waals surface area (Å²) in [6.45, 7) is 0.891. The minimum absolute atomic E-state index is 0.116. The molecular formula is C10H21NO3S. The third-order valence-electron chi connectivity index (χ3n) is 3.11. The standard InChI is InChI=1S/C10H21NO3S/c12-9-10(5-2-1-3-6-10)11-7-4-8-15(13)14/h11-12H,1-9H2,(H,13,14). The molecule has 0 saturated heterocycles. The van der Waals surface area contributed by atoms with Crippen LogP contribution in [-0.2, 0) is 11.1 Å². The largest absolute Gasteiger partial charge is 0.394 e. The molecule has 3 N–H and O–H groups in total. The van der Waals surface area contributed by atoms with Gasteiger partial charge in [0.15, 0.2) is 11.1 Å². The molecule has 1 unspecified atom stereocenters. The minimum atomic E-state index is -1.69.